The van der Waals surface area contributed by atoms with Crippen LogP contribution < -0.4 is 16.0 Å². The van der Waals surface area contributed by atoms with Crippen molar-refractivity contribution >= 4 is 28.6 Å². The van der Waals surface area contributed by atoms with Gasteiger partial charge < -0.3 is 20.5 Å². The van der Waals surface area contributed by atoms with E-state index in [0.29, 0.717) is 23.9 Å². The lowest BCUT2D eigenvalue weighted by atomic mass is 10.0. The highest BCUT2D eigenvalue weighted by molar-refractivity contribution is 6.04. The minimum absolute atomic E-state index is 0.114. The standard InChI is InChI=1S/C21H20N4O4/c26-19-15(10-11-22-19)20(27)23-12-17(13-6-2-1-3-7-13)24-21(28)18-14-8-4-5-9-16(14)25-29-18/h1-9,15,17H,10-12H2,(H,22,26)(H,23,27)(H,24,28). The van der Waals surface area contributed by atoms with Crippen LogP contribution in [0.5, 0.6) is 0 Å². The highest BCUT2D eigenvalue weighted by atomic mass is 16.5. The van der Waals surface area contributed by atoms with Crippen molar-refractivity contribution < 1.29 is 18.9 Å². The molecule has 29 heavy (non-hydrogen) atoms. The van der Waals surface area contributed by atoms with Gasteiger partial charge in [0.15, 0.2) is 0 Å². The van der Waals surface area contributed by atoms with E-state index in [4.69, 9.17) is 4.52 Å². The summed E-state index contributed by atoms with van der Waals surface area (Å²) in [7, 11) is 0. The van der Waals surface area contributed by atoms with Crippen LogP contribution in [0.25, 0.3) is 10.9 Å². The van der Waals surface area contributed by atoms with Crippen LogP contribution in [0.3, 0.4) is 0 Å². The first kappa shape index (κ1) is 18.7. The summed E-state index contributed by atoms with van der Waals surface area (Å²) in [4.78, 5) is 36.9. The second kappa shape index (κ2) is 8.14. The Kier molecular flexibility index (Phi) is 5.24. The van der Waals surface area contributed by atoms with E-state index in [2.05, 4.69) is 21.1 Å². The van der Waals surface area contributed by atoms with Crippen molar-refractivity contribution in [2.24, 2.45) is 5.92 Å². The molecule has 1 aromatic heterocycles. The van der Waals surface area contributed by atoms with Crippen molar-refractivity contribution in [1.29, 1.82) is 0 Å². The molecule has 4 rings (SSSR count). The number of nitrogens with zero attached hydrogens (tertiary/aromatic N) is 1. The number of amides is 3. The van der Waals surface area contributed by atoms with E-state index in [1.165, 1.54) is 0 Å². The minimum atomic E-state index is -0.694. The lowest BCUT2D eigenvalue weighted by molar-refractivity contribution is -0.133. The van der Waals surface area contributed by atoms with Crippen molar-refractivity contribution in [2.75, 3.05) is 13.1 Å². The van der Waals surface area contributed by atoms with Crippen molar-refractivity contribution in [3.63, 3.8) is 0 Å². The van der Waals surface area contributed by atoms with E-state index in [9.17, 15) is 14.4 Å². The molecular formula is C21H20N4O4. The zero-order valence-corrected chi connectivity index (χ0v) is 15.6. The summed E-state index contributed by atoms with van der Waals surface area (Å²) in [5.74, 6) is -1.62. The highest BCUT2D eigenvalue weighted by Gasteiger charge is 2.31. The molecule has 8 nitrogen and oxygen atoms in total. The molecule has 0 bridgehead atoms. The predicted octanol–water partition coefficient (Wildman–Crippen LogP) is 1.55. The zero-order chi connectivity index (χ0) is 20.2. The van der Waals surface area contributed by atoms with Crippen molar-refractivity contribution in [1.82, 2.24) is 21.1 Å². The Hall–Kier alpha value is -3.68. The van der Waals surface area contributed by atoms with Crippen molar-refractivity contribution in [2.45, 2.75) is 12.5 Å². The molecule has 2 aromatic carbocycles. The second-order valence-corrected chi connectivity index (χ2v) is 6.84. The molecular weight excluding hydrogens is 372 g/mol. The second-order valence-electron chi connectivity index (χ2n) is 6.84. The van der Waals surface area contributed by atoms with Crippen LogP contribution in [0.4, 0.5) is 0 Å². The lowest BCUT2D eigenvalue weighted by Gasteiger charge is -2.20. The van der Waals surface area contributed by atoms with E-state index in [0.717, 1.165) is 5.56 Å². The monoisotopic (exact) mass is 392 g/mol. The Morgan fingerprint density at radius 2 is 1.90 bits per heavy atom. The number of aromatic nitrogens is 1. The van der Waals surface area contributed by atoms with Crippen LogP contribution in [-0.2, 0) is 9.59 Å². The summed E-state index contributed by atoms with van der Waals surface area (Å²) in [5, 5.41) is 12.8. The van der Waals surface area contributed by atoms with Gasteiger partial charge in [0.05, 0.1) is 11.4 Å². The Labute approximate surface area is 166 Å². The molecule has 2 atom stereocenters. The molecule has 1 aliphatic heterocycles. The molecule has 148 valence electrons. The van der Waals surface area contributed by atoms with E-state index in [1.807, 2.05) is 36.4 Å². The molecule has 0 spiro atoms. The Balaban J connectivity index is 1.51. The van der Waals surface area contributed by atoms with Gasteiger partial charge in [0.2, 0.25) is 17.6 Å². The summed E-state index contributed by atoms with van der Waals surface area (Å²) in [6, 6.07) is 15.9. The van der Waals surface area contributed by atoms with E-state index >= 15 is 0 Å². The SMILES string of the molecule is O=C(NC(CNC(=O)C1CCNC1=O)c1ccccc1)c1onc2ccccc12. The van der Waals surface area contributed by atoms with Crippen LogP contribution in [-0.4, -0.2) is 36.0 Å². The fourth-order valence-corrected chi connectivity index (χ4v) is 3.38. The average molecular weight is 392 g/mol. The Morgan fingerprint density at radius 1 is 1.14 bits per heavy atom. The van der Waals surface area contributed by atoms with Crippen LogP contribution in [0.1, 0.15) is 28.6 Å². The van der Waals surface area contributed by atoms with Crippen LogP contribution in [0.2, 0.25) is 0 Å². The molecule has 1 aliphatic rings. The zero-order valence-electron chi connectivity index (χ0n) is 15.6. The molecule has 3 N–H and O–H groups in total. The first-order chi connectivity index (χ1) is 14.1. The quantitative estimate of drug-likeness (QED) is 0.551. The summed E-state index contributed by atoms with van der Waals surface area (Å²) in [5.41, 5.74) is 1.41. The smallest absolute Gasteiger partial charge is 0.291 e. The third-order valence-corrected chi connectivity index (χ3v) is 4.94. The number of fused-ring (bicyclic) bond motifs is 1. The maximum atomic E-state index is 12.8. The molecule has 1 fully saturated rings. The van der Waals surface area contributed by atoms with Crippen molar-refractivity contribution in [3.05, 3.63) is 65.9 Å². The molecule has 0 saturated carbocycles. The van der Waals surface area contributed by atoms with Gasteiger partial charge in [-0.2, -0.15) is 0 Å². The number of hydrogen-bond donors (Lipinski definition) is 3. The molecule has 2 unspecified atom stereocenters. The summed E-state index contributed by atoms with van der Waals surface area (Å²) in [6.07, 6.45) is 0.469. The number of rotatable bonds is 6. The number of benzene rings is 2. The van der Waals surface area contributed by atoms with Gasteiger partial charge in [0, 0.05) is 13.1 Å². The van der Waals surface area contributed by atoms with Crippen LogP contribution >= 0.6 is 0 Å². The van der Waals surface area contributed by atoms with Gasteiger partial charge in [0.25, 0.3) is 5.91 Å². The number of carbonyl (C=O) groups is 3. The maximum absolute atomic E-state index is 12.8. The van der Waals surface area contributed by atoms with Crippen LogP contribution in [0.15, 0.2) is 59.1 Å². The number of carbonyl (C=O) groups excluding carboxylic acids is 3. The lowest BCUT2D eigenvalue weighted by Crippen LogP contribution is -2.41. The summed E-state index contributed by atoms with van der Waals surface area (Å²) < 4.78 is 5.23. The van der Waals surface area contributed by atoms with Gasteiger partial charge in [-0.15, -0.1) is 0 Å². The third kappa shape index (κ3) is 3.96. The molecule has 8 heteroatoms. The van der Waals surface area contributed by atoms with E-state index in [-0.39, 0.29) is 24.1 Å². The number of nitrogens with one attached hydrogen (secondary N) is 3. The molecule has 2 heterocycles. The number of hydrogen-bond acceptors (Lipinski definition) is 5. The van der Waals surface area contributed by atoms with Gasteiger partial charge in [-0.1, -0.05) is 47.6 Å². The Morgan fingerprint density at radius 3 is 2.66 bits per heavy atom. The highest BCUT2D eigenvalue weighted by Crippen LogP contribution is 2.20. The normalized spacial score (nSPS) is 17.0. The summed E-state index contributed by atoms with van der Waals surface area (Å²) >= 11 is 0. The molecule has 3 amide bonds. The predicted molar refractivity (Wildman–Crippen MR) is 105 cm³/mol. The summed E-state index contributed by atoms with van der Waals surface area (Å²) in [6.45, 7) is 0.638. The van der Waals surface area contributed by atoms with Crippen LogP contribution in [0, 0.1) is 5.92 Å². The topological polar surface area (TPSA) is 113 Å². The third-order valence-electron chi connectivity index (χ3n) is 4.94. The Bertz CT molecular complexity index is 1050. The molecule has 0 radical (unpaired) electrons. The largest absolute Gasteiger partial charge is 0.355 e. The molecule has 3 aromatic rings. The molecule has 1 saturated heterocycles. The van der Waals surface area contributed by atoms with Crippen molar-refractivity contribution in [3.8, 4) is 0 Å². The van der Waals surface area contributed by atoms with Gasteiger partial charge in [0.1, 0.15) is 11.4 Å². The van der Waals surface area contributed by atoms with E-state index < -0.39 is 17.9 Å². The fourth-order valence-electron chi connectivity index (χ4n) is 3.38. The average Bonchev–Trinajstić information content (AvgIpc) is 3.37. The molecule has 0 aliphatic carbocycles. The van der Waals surface area contributed by atoms with Gasteiger partial charge in [-0.05, 0) is 24.1 Å². The van der Waals surface area contributed by atoms with Gasteiger partial charge in [-0.25, -0.2) is 0 Å². The first-order valence-electron chi connectivity index (χ1n) is 9.39. The van der Waals surface area contributed by atoms with E-state index in [1.54, 1.807) is 18.2 Å². The van der Waals surface area contributed by atoms with Gasteiger partial charge in [-0.3, -0.25) is 14.4 Å². The maximum Gasteiger partial charge on any atom is 0.291 e. The fraction of sp³-hybridized carbons (Fsp3) is 0.238. The first-order valence-corrected chi connectivity index (χ1v) is 9.39. The van der Waals surface area contributed by atoms with Gasteiger partial charge >= 0.3 is 0 Å². The minimum Gasteiger partial charge on any atom is -0.355 e.